The first-order valence-electron chi connectivity index (χ1n) is 7.55. The fourth-order valence-electron chi connectivity index (χ4n) is 1.60. The minimum absolute atomic E-state index is 0.0510. The molecule has 0 aromatic heterocycles. The highest BCUT2D eigenvalue weighted by atomic mass is 16.5. The number of hydrogen-bond donors (Lipinski definition) is 3. The molecule has 1 rings (SSSR count). The van der Waals surface area contributed by atoms with Gasteiger partial charge in [-0.25, -0.2) is 4.79 Å². The summed E-state index contributed by atoms with van der Waals surface area (Å²) in [6, 6.07) is 6.71. The standard InChI is InChI=1S/C16H25N3O3/c1-4-8-22-14-7-5-6-13(9-14)19-16(21)18-11-15(20)17-10-12(2)3/h5-7,9,12H,4,8,10-11H2,1-3H3,(H,17,20)(H2,18,19,21). The first-order chi connectivity index (χ1) is 10.5. The summed E-state index contributed by atoms with van der Waals surface area (Å²) in [5, 5.41) is 7.92. The van der Waals surface area contributed by atoms with Crippen LogP contribution in [0.1, 0.15) is 27.2 Å². The molecule has 6 nitrogen and oxygen atoms in total. The highest BCUT2D eigenvalue weighted by molar-refractivity contribution is 5.92. The largest absolute Gasteiger partial charge is 0.494 e. The van der Waals surface area contributed by atoms with Crippen molar-refractivity contribution in [1.29, 1.82) is 0 Å². The zero-order valence-electron chi connectivity index (χ0n) is 13.4. The van der Waals surface area contributed by atoms with E-state index in [1.54, 1.807) is 18.2 Å². The van der Waals surface area contributed by atoms with Crippen LogP contribution in [0.3, 0.4) is 0 Å². The molecule has 0 unspecified atom stereocenters. The summed E-state index contributed by atoms with van der Waals surface area (Å²) in [6.45, 7) is 7.22. The molecule has 22 heavy (non-hydrogen) atoms. The van der Waals surface area contributed by atoms with Gasteiger partial charge in [0.25, 0.3) is 0 Å². The smallest absolute Gasteiger partial charge is 0.319 e. The van der Waals surface area contributed by atoms with Crippen LogP contribution in [0.5, 0.6) is 5.75 Å². The van der Waals surface area contributed by atoms with Crippen LogP contribution in [0.4, 0.5) is 10.5 Å². The van der Waals surface area contributed by atoms with Gasteiger partial charge >= 0.3 is 6.03 Å². The van der Waals surface area contributed by atoms with E-state index in [2.05, 4.69) is 16.0 Å². The second kappa shape index (κ2) is 9.65. The third-order valence-electron chi connectivity index (χ3n) is 2.68. The van der Waals surface area contributed by atoms with Crippen LogP contribution in [0, 0.1) is 5.92 Å². The van der Waals surface area contributed by atoms with Gasteiger partial charge in [-0.2, -0.15) is 0 Å². The average Bonchev–Trinajstić information content (AvgIpc) is 2.49. The SMILES string of the molecule is CCCOc1cccc(NC(=O)NCC(=O)NCC(C)C)c1. The quantitative estimate of drug-likeness (QED) is 0.690. The lowest BCUT2D eigenvalue weighted by atomic mass is 10.2. The lowest BCUT2D eigenvalue weighted by Gasteiger charge is -2.10. The molecule has 0 heterocycles. The molecule has 3 N–H and O–H groups in total. The minimum Gasteiger partial charge on any atom is -0.494 e. The minimum atomic E-state index is -0.424. The molecular formula is C16H25N3O3. The number of carbonyl (C=O) groups excluding carboxylic acids is 2. The Balaban J connectivity index is 2.37. The van der Waals surface area contributed by atoms with E-state index in [9.17, 15) is 9.59 Å². The van der Waals surface area contributed by atoms with E-state index in [-0.39, 0.29) is 12.5 Å². The van der Waals surface area contributed by atoms with E-state index >= 15 is 0 Å². The van der Waals surface area contributed by atoms with E-state index < -0.39 is 6.03 Å². The number of hydrogen-bond acceptors (Lipinski definition) is 3. The van der Waals surface area contributed by atoms with Crippen LogP contribution in [-0.2, 0) is 4.79 Å². The summed E-state index contributed by atoms with van der Waals surface area (Å²) in [7, 11) is 0. The Bertz CT molecular complexity index is 489. The van der Waals surface area contributed by atoms with Crippen molar-refractivity contribution in [1.82, 2.24) is 10.6 Å². The van der Waals surface area contributed by atoms with Crippen LogP contribution >= 0.6 is 0 Å². The van der Waals surface area contributed by atoms with Crippen molar-refractivity contribution in [3.05, 3.63) is 24.3 Å². The fourth-order valence-corrected chi connectivity index (χ4v) is 1.60. The zero-order chi connectivity index (χ0) is 16.4. The molecule has 0 bridgehead atoms. The maximum Gasteiger partial charge on any atom is 0.319 e. The number of benzene rings is 1. The third kappa shape index (κ3) is 7.52. The number of urea groups is 1. The topological polar surface area (TPSA) is 79.5 Å². The molecule has 3 amide bonds. The lowest BCUT2D eigenvalue weighted by molar-refractivity contribution is -0.120. The Kier molecular flexibility index (Phi) is 7.81. The summed E-state index contributed by atoms with van der Waals surface area (Å²) in [6.07, 6.45) is 0.920. The lowest BCUT2D eigenvalue weighted by Crippen LogP contribution is -2.39. The number of carbonyl (C=O) groups is 2. The van der Waals surface area contributed by atoms with Gasteiger partial charge in [-0.3, -0.25) is 4.79 Å². The van der Waals surface area contributed by atoms with Gasteiger partial charge in [-0.15, -0.1) is 0 Å². The molecular weight excluding hydrogens is 282 g/mol. The maximum absolute atomic E-state index is 11.7. The molecule has 0 aliphatic rings. The molecule has 0 atom stereocenters. The summed E-state index contributed by atoms with van der Waals surface area (Å²) < 4.78 is 5.49. The molecule has 1 aromatic rings. The Hall–Kier alpha value is -2.24. The van der Waals surface area contributed by atoms with Crippen molar-refractivity contribution < 1.29 is 14.3 Å². The monoisotopic (exact) mass is 307 g/mol. The summed E-state index contributed by atoms with van der Waals surface area (Å²) >= 11 is 0. The maximum atomic E-state index is 11.7. The molecule has 0 aliphatic carbocycles. The first kappa shape index (κ1) is 17.8. The van der Waals surface area contributed by atoms with E-state index in [0.29, 0.717) is 30.5 Å². The predicted octanol–water partition coefficient (Wildman–Crippen LogP) is 2.37. The molecule has 0 saturated heterocycles. The van der Waals surface area contributed by atoms with E-state index in [4.69, 9.17) is 4.74 Å². The Labute approximate surface area is 131 Å². The molecule has 0 saturated carbocycles. The molecule has 0 radical (unpaired) electrons. The number of nitrogens with one attached hydrogen (secondary N) is 3. The zero-order valence-corrected chi connectivity index (χ0v) is 13.4. The molecule has 0 spiro atoms. The van der Waals surface area contributed by atoms with Crippen LogP contribution in [0.15, 0.2) is 24.3 Å². The number of rotatable bonds is 8. The summed E-state index contributed by atoms with van der Waals surface area (Å²) in [4.78, 5) is 23.2. The van der Waals surface area contributed by atoms with Crippen molar-refractivity contribution in [3.8, 4) is 5.75 Å². The predicted molar refractivity (Wildman–Crippen MR) is 87.1 cm³/mol. The molecule has 6 heteroatoms. The van der Waals surface area contributed by atoms with Crippen molar-refractivity contribution >= 4 is 17.6 Å². The molecule has 0 fully saturated rings. The van der Waals surface area contributed by atoms with E-state index in [1.165, 1.54) is 0 Å². The number of ether oxygens (including phenoxy) is 1. The fraction of sp³-hybridized carbons (Fsp3) is 0.500. The second-order valence-corrected chi connectivity index (χ2v) is 5.38. The van der Waals surface area contributed by atoms with Gasteiger partial charge < -0.3 is 20.7 Å². The number of amides is 3. The van der Waals surface area contributed by atoms with E-state index in [1.807, 2.05) is 26.8 Å². The van der Waals surface area contributed by atoms with Crippen LogP contribution in [0.25, 0.3) is 0 Å². The number of anilines is 1. The van der Waals surface area contributed by atoms with Crippen molar-refractivity contribution in [3.63, 3.8) is 0 Å². The molecule has 0 aliphatic heterocycles. The highest BCUT2D eigenvalue weighted by Gasteiger charge is 2.06. The van der Waals surface area contributed by atoms with Gasteiger partial charge in [-0.1, -0.05) is 26.8 Å². The van der Waals surface area contributed by atoms with Gasteiger partial charge in [0.15, 0.2) is 0 Å². The third-order valence-corrected chi connectivity index (χ3v) is 2.68. The molecule has 122 valence electrons. The van der Waals surface area contributed by atoms with Gasteiger partial charge in [0.05, 0.1) is 13.2 Å². The van der Waals surface area contributed by atoms with Crippen molar-refractivity contribution in [2.75, 3.05) is 25.0 Å². The van der Waals surface area contributed by atoms with Crippen LogP contribution < -0.4 is 20.7 Å². The molecule has 1 aromatic carbocycles. The van der Waals surface area contributed by atoms with Crippen molar-refractivity contribution in [2.24, 2.45) is 5.92 Å². The van der Waals surface area contributed by atoms with Gasteiger partial charge in [0.1, 0.15) is 5.75 Å². The first-order valence-corrected chi connectivity index (χ1v) is 7.55. The highest BCUT2D eigenvalue weighted by Crippen LogP contribution is 2.17. The van der Waals surface area contributed by atoms with Crippen LogP contribution in [-0.4, -0.2) is 31.6 Å². The Morgan fingerprint density at radius 3 is 2.68 bits per heavy atom. The summed E-state index contributed by atoms with van der Waals surface area (Å²) in [5.41, 5.74) is 0.619. The van der Waals surface area contributed by atoms with Gasteiger partial charge in [0.2, 0.25) is 5.91 Å². The van der Waals surface area contributed by atoms with Gasteiger partial charge in [-0.05, 0) is 24.5 Å². The Morgan fingerprint density at radius 2 is 2.00 bits per heavy atom. The van der Waals surface area contributed by atoms with E-state index in [0.717, 1.165) is 6.42 Å². The summed E-state index contributed by atoms with van der Waals surface area (Å²) in [5.74, 6) is 0.877. The average molecular weight is 307 g/mol. The van der Waals surface area contributed by atoms with Crippen molar-refractivity contribution in [2.45, 2.75) is 27.2 Å². The normalized spacial score (nSPS) is 10.2. The van der Waals surface area contributed by atoms with Gasteiger partial charge in [0, 0.05) is 18.3 Å². The Morgan fingerprint density at radius 1 is 1.23 bits per heavy atom. The second-order valence-electron chi connectivity index (χ2n) is 5.38. The van der Waals surface area contributed by atoms with Crippen LogP contribution in [0.2, 0.25) is 0 Å².